The Kier molecular flexibility index (Phi) is 2.57. The van der Waals surface area contributed by atoms with E-state index >= 15 is 0 Å². The summed E-state index contributed by atoms with van der Waals surface area (Å²) in [6.07, 6.45) is 0. The largest absolute Gasteiger partial charge is 0.383 e. The summed E-state index contributed by atoms with van der Waals surface area (Å²) in [5, 5.41) is 2.88. The van der Waals surface area contributed by atoms with Crippen LogP contribution in [0.4, 0.5) is 4.79 Å². The van der Waals surface area contributed by atoms with Gasteiger partial charge in [-0.15, -0.1) is 0 Å². The minimum atomic E-state index is -0.0924. The molecule has 1 aliphatic rings. The Hall–Kier alpha value is -0.770. The van der Waals surface area contributed by atoms with Gasteiger partial charge in [-0.3, -0.25) is 0 Å². The van der Waals surface area contributed by atoms with Crippen molar-refractivity contribution in [1.29, 1.82) is 0 Å². The summed E-state index contributed by atoms with van der Waals surface area (Å²) in [7, 11) is 1.64. The number of hydrogen-bond donors (Lipinski definition) is 1. The molecule has 0 aliphatic carbocycles. The number of rotatable bonds is 3. The maximum Gasteiger partial charge on any atom is 0.318 e. The van der Waals surface area contributed by atoms with Gasteiger partial charge in [0.15, 0.2) is 0 Å². The molecule has 0 spiro atoms. The quantitative estimate of drug-likeness (QED) is 0.671. The zero-order valence-corrected chi connectivity index (χ0v) is 7.89. The Labute approximate surface area is 72.9 Å². The highest BCUT2D eigenvalue weighted by Gasteiger charge is 2.33. The van der Waals surface area contributed by atoms with Gasteiger partial charge in [0, 0.05) is 20.2 Å². The second-order valence-electron chi connectivity index (χ2n) is 3.73. The molecule has 0 bridgehead atoms. The maximum atomic E-state index is 11.3. The van der Waals surface area contributed by atoms with E-state index in [2.05, 4.69) is 5.32 Å². The van der Waals surface area contributed by atoms with E-state index in [9.17, 15) is 4.79 Å². The van der Waals surface area contributed by atoms with Gasteiger partial charge < -0.3 is 15.0 Å². The molecule has 0 unspecified atom stereocenters. The summed E-state index contributed by atoms with van der Waals surface area (Å²) in [5.74, 6) is 0. The third kappa shape index (κ3) is 2.11. The molecule has 0 aromatic carbocycles. The van der Waals surface area contributed by atoms with Crippen molar-refractivity contribution >= 4 is 6.03 Å². The molecule has 0 aromatic heterocycles. The number of nitrogens with one attached hydrogen (secondary N) is 1. The Morgan fingerprint density at radius 2 is 2.33 bits per heavy atom. The van der Waals surface area contributed by atoms with Gasteiger partial charge in [0.1, 0.15) is 0 Å². The lowest BCUT2D eigenvalue weighted by molar-refractivity contribution is 0.160. The lowest BCUT2D eigenvalue weighted by Gasteiger charge is -2.17. The molecule has 1 rings (SSSR count). The summed E-state index contributed by atoms with van der Waals surface area (Å²) in [6, 6.07) is 0.0112. The molecule has 12 heavy (non-hydrogen) atoms. The number of methoxy groups -OCH3 is 1. The number of ether oxygens (including phenoxy) is 1. The van der Waals surface area contributed by atoms with Gasteiger partial charge in [-0.05, 0) is 13.8 Å². The van der Waals surface area contributed by atoms with Crippen molar-refractivity contribution in [3.8, 4) is 0 Å². The van der Waals surface area contributed by atoms with Crippen molar-refractivity contribution in [3.05, 3.63) is 0 Å². The van der Waals surface area contributed by atoms with Crippen LogP contribution in [0.15, 0.2) is 0 Å². The first-order valence-electron chi connectivity index (χ1n) is 4.11. The minimum absolute atomic E-state index is 0.0112. The fourth-order valence-electron chi connectivity index (χ4n) is 1.34. The van der Waals surface area contributed by atoms with E-state index in [-0.39, 0.29) is 11.6 Å². The molecule has 0 atom stereocenters. The predicted octanol–water partition coefficient (Wildman–Crippen LogP) is 0.437. The van der Waals surface area contributed by atoms with E-state index in [1.807, 2.05) is 13.8 Å². The van der Waals surface area contributed by atoms with Crippen LogP contribution in [0.2, 0.25) is 0 Å². The summed E-state index contributed by atoms with van der Waals surface area (Å²) in [6.45, 7) is 6.06. The van der Waals surface area contributed by atoms with Gasteiger partial charge in [0.25, 0.3) is 0 Å². The molecule has 2 amide bonds. The molecule has 1 heterocycles. The fourth-order valence-corrected chi connectivity index (χ4v) is 1.34. The molecule has 1 saturated heterocycles. The minimum Gasteiger partial charge on any atom is -0.383 e. The molecular weight excluding hydrogens is 156 g/mol. The van der Waals surface area contributed by atoms with Crippen LogP contribution in [0.3, 0.4) is 0 Å². The number of hydrogen-bond acceptors (Lipinski definition) is 2. The number of urea groups is 1. The van der Waals surface area contributed by atoms with E-state index in [1.54, 1.807) is 12.0 Å². The molecule has 4 heteroatoms. The molecule has 1 fully saturated rings. The number of carbonyl (C=O) groups excluding carboxylic acids is 1. The van der Waals surface area contributed by atoms with Crippen LogP contribution >= 0.6 is 0 Å². The van der Waals surface area contributed by atoms with Crippen molar-refractivity contribution < 1.29 is 9.53 Å². The Morgan fingerprint density at radius 1 is 1.67 bits per heavy atom. The molecule has 70 valence electrons. The highest BCUT2D eigenvalue weighted by atomic mass is 16.5. The molecule has 1 N–H and O–H groups in total. The van der Waals surface area contributed by atoms with Gasteiger partial charge >= 0.3 is 6.03 Å². The summed E-state index contributed by atoms with van der Waals surface area (Å²) in [5.41, 5.74) is -0.0924. The molecule has 0 saturated carbocycles. The third-order valence-electron chi connectivity index (χ3n) is 1.88. The highest BCUT2D eigenvalue weighted by molar-refractivity contribution is 5.77. The number of nitrogens with zero attached hydrogens (tertiary/aromatic N) is 1. The second kappa shape index (κ2) is 3.31. The highest BCUT2D eigenvalue weighted by Crippen LogP contribution is 2.13. The van der Waals surface area contributed by atoms with E-state index in [0.717, 1.165) is 6.54 Å². The van der Waals surface area contributed by atoms with Gasteiger partial charge in [-0.25, -0.2) is 4.79 Å². The molecule has 4 nitrogen and oxygen atoms in total. The Bertz CT molecular complexity index is 180. The Morgan fingerprint density at radius 3 is 2.75 bits per heavy atom. The smallest absolute Gasteiger partial charge is 0.318 e. The van der Waals surface area contributed by atoms with Crippen molar-refractivity contribution in [3.63, 3.8) is 0 Å². The van der Waals surface area contributed by atoms with Crippen LogP contribution < -0.4 is 5.32 Å². The maximum absolute atomic E-state index is 11.3. The lowest BCUT2D eigenvalue weighted by atomic mass is 10.1. The van der Waals surface area contributed by atoms with E-state index < -0.39 is 0 Å². The topological polar surface area (TPSA) is 41.6 Å². The molecule has 0 radical (unpaired) electrons. The molecule has 0 aromatic rings. The predicted molar refractivity (Wildman–Crippen MR) is 46.1 cm³/mol. The van der Waals surface area contributed by atoms with Crippen LogP contribution in [-0.2, 0) is 4.74 Å². The van der Waals surface area contributed by atoms with Gasteiger partial charge in [0.05, 0.1) is 12.1 Å². The first-order valence-corrected chi connectivity index (χ1v) is 4.11. The van der Waals surface area contributed by atoms with Gasteiger partial charge in [-0.2, -0.15) is 0 Å². The van der Waals surface area contributed by atoms with E-state index in [4.69, 9.17) is 4.74 Å². The van der Waals surface area contributed by atoms with Crippen LogP contribution in [0.5, 0.6) is 0 Å². The average molecular weight is 172 g/mol. The fraction of sp³-hybridized carbons (Fsp3) is 0.875. The van der Waals surface area contributed by atoms with Crippen molar-refractivity contribution in [2.45, 2.75) is 19.4 Å². The van der Waals surface area contributed by atoms with Crippen LogP contribution in [-0.4, -0.2) is 43.3 Å². The summed E-state index contributed by atoms with van der Waals surface area (Å²) in [4.78, 5) is 13.0. The first kappa shape index (κ1) is 9.32. The van der Waals surface area contributed by atoms with E-state index in [1.165, 1.54) is 0 Å². The number of carbonyl (C=O) groups is 1. The van der Waals surface area contributed by atoms with Crippen molar-refractivity contribution in [2.75, 3.05) is 26.8 Å². The van der Waals surface area contributed by atoms with Crippen LogP contribution in [0, 0.1) is 0 Å². The normalized spacial score (nSPS) is 21.2. The van der Waals surface area contributed by atoms with Gasteiger partial charge in [0.2, 0.25) is 0 Å². The van der Waals surface area contributed by atoms with Crippen LogP contribution in [0.25, 0.3) is 0 Å². The number of amides is 2. The Balaban J connectivity index is 2.42. The first-order chi connectivity index (χ1) is 5.55. The van der Waals surface area contributed by atoms with Crippen LogP contribution in [0.1, 0.15) is 13.8 Å². The zero-order valence-electron chi connectivity index (χ0n) is 7.89. The van der Waals surface area contributed by atoms with Crippen molar-refractivity contribution in [2.24, 2.45) is 0 Å². The second-order valence-corrected chi connectivity index (χ2v) is 3.73. The monoisotopic (exact) mass is 172 g/mol. The SMILES string of the molecule is COCCN1CC(C)(C)NC1=O. The van der Waals surface area contributed by atoms with Gasteiger partial charge in [-0.1, -0.05) is 0 Å². The average Bonchev–Trinajstić information content (AvgIpc) is 2.20. The standard InChI is InChI=1S/C8H16N2O2/c1-8(2)6-10(4-5-12-3)7(11)9-8/h4-6H2,1-3H3,(H,9,11). The summed E-state index contributed by atoms with van der Waals surface area (Å²) < 4.78 is 4.90. The molecular formula is C8H16N2O2. The van der Waals surface area contributed by atoms with Crippen molar-refractivity contribution in [1.82, 2.24) is 10.2 Å². The zero-order chi connectivity index (χ0) is 9.19. The van der Waals surface area contributed by atoms with E-state index in [0.29, 0.717) is 13.2 Å². The lowest BCUT2D eigenvalue weighted by Crippen LogP contribution is -2.36. The molecule has 1 aliphatic heterocycles. The third-order valence-corrected chi connectivity index (χ3v) is 1.88. The summed E-state index contributed by atoms with van der Waals surface area (Å²) >= 11 is 0.